The van der Waals surface area contributed by atoms with Crippen LogP contribution in [0.15, 0.2) is 47.5 Å². The van der Waals surface area contributed by atoms with Gasteiger partial charge >= 0.3 is 12.1 Å². The number of halogens is 3. The minimum atomic E-state index is -4.64. The van der Waals surface area contributed by atoms with Crippen molar-refractivity contribution in [2.24, 2.45) is 0 Å². The molecule has 0 aliphatic carbocycles. The van der Waals surface area contributed by atoms with Crippen LogP contribution in [0.1, 0.15) is 15.9 Å². The van der Waals surface area contributed by atoms with Crippen molar-refractivity contribution >= 4 is 22.6 Å². The summed E-state index contributed by atoms with van der Waals surface area (Å²) in [5.74, 6) is -0.684. The van der Waals surface area contributed by atoms with Crippen molar-refractivity contribution in [3.63, 3.8) is 0 Å². The van der Waals surface area contributed by atoms with E-state index in [1.54, 1.807) is 0 Å². The number of nitrogens with zero attached hydrogens (tertiary/aromatic N) is 5. The smallest absolute Gasteiger partial charge is 0.418 e. The standard InChI is InChI=1S/C17H10F3N5O3/c1-28-16(27)9-8-21-25-12-6-7-24(15(26)13(12)22-23-14(9)25)11-5-3-2-4-10(11)17(18,19)20/h2-8H,1H3. The van der Waals surface area contributed by atoms with E-state index in [0.717, 1.165) is 10.6 Å². The van der Waals surface area contributed by atoms with E-state index >= 15 is 0 Å². The zero-order valence-electron chi connectivity index (χ0n) is 14.1. The molecule has 0 fully saturated rings. The number of alkyl halides is 3. The molecule has 0 amide bonds. The van der Waals surface area contributed by atoms with Crippen LogP contribution < -0.4 is 5.56 Å². The minimum Gasteiger partial charge on any atom is -0.465 e. The Morgan fingerprint density at radius 3 is 2.61 bits per heavy atom. The molecule has 0 aliphatic heterocycles. The van der Waals surface area contributed by atoms with E-state index in [1.165, 1.54) is 48.3 Å². The second-order valence-corrected chi connectivity index (χ2v) is 5.72. The molecule has 0 saturated carbocycles. The van der Waals surface area contributed by atoms with Crippen LogP contribution in [0, 0.1) is 0 Å². The van der Waals surface area contributed by atoms with Gasteiger partial charge in [-0.2, -0.15) is 18.3 Å². The number of aromatic nitrogens is 5. The Kier molecular flexibility index (Phi) is 3.87. The quantitative estimate of drug-likeness (QED) is 0.489. The van der Waals surface area contributed by atoms with Crippen LogP contribution in [-0.4, -0.2) is 37.5 Å². The maximum absolute atomic E-state index is 13.3. The van der Waals surface area contributed by atoms with Crippen LogP contribution in [0.4, 0.5) is 13.2 Å². The first kappa shape index (κ1) is 17.6. The SMILES string of the molecule is COC(=O)c1cnn2c1nnc1c(=O)n(-c3ccccc3C(F)(F)F)ccc12. The van der Waals surface area contributed by atoms with Gasteiger partial charge in [0, 0.05) is 6.20 Å². The molecule has 3 heterocycles. The van der Waals surface area contributed by atoms with Crippen molar-refractivity contribution in [3.8, 4) is 5.69 Å². The van der Waals surface area contributed by atoms with Crippen molar-refractivity contribution < 1.29 is 22.7 Å². The lowest BCUT2D eigenvalue weighted by molar-refractivity contribution is -0.137. The largest absolute Gasteiger partial charge is 0.465 e. The zero-order valence-corrected chi connectivity index (χ0v) is 14.1. The average Bonchev–Trinajstić information content (AvgIpc) is 3.11. The number of methoxy groups -OCH3 is 1. The molecule has 0 atom stereocenters. The van der Waals surface area contributed by atoms with Gasteiger partial charge in [0.05, 0.1) is 24.6 Å². The third kappa shape index (κ3) is 2.59. The van der Waals surface area contributed by atoms with Crippen LogP contribution in [-0.2, 0) is 10.9 Å². The summed E-state index contributed by atoms with van der Waals surface area (Å²) in [6.07, 6.45) is -2.24. The molecule has 4 rings (SSSR count). The fourth-order valence-corrected chi connectivity index (χ4v) is 2.86. The highest BCUT2D eigenvalue weighted by atomic mass is 19.4. The topological polar surface area (TPSA) is 91.4 Å². The Morgan fingerprint density at radius 2 is 1.89 bits per heavy atom. The molecule has 1 aromatic carbocycles. The molecule has 0 N–H and O–H groups in total. The number of rotatable bonds is 2. The zero-order chi connectivity index (χ0) is 20.1. The number of carbonyl (C=O) groups excluding carboxylic acids is 1. The van der Waals surface area contributed by atoms with Gasteiger partial charge in [-0.15, -0.1) is 10.2 Å². The van der Waals surface area contributed by atoms with Crippen LogP contribution in [0.2, 0.25) is 0 Å². The van der Waals surface area contributed by atoms with Gasteiger partial charge in [0.15, 0.2) is 11.2 Å². The highest BCUT2D eigenvalue weighted by Crippen LogP contribution is 2.33. The Labute approximate surface area is 153 Å². The molecular weight excluding hydrogens is 379 g/mol. The number of esters is 1. The van der Waals surface area contributed by atoms with Crippen molar-refractivity contribution in [1.82, 2.24) is 24.4 Å². The molecule has 0 bridgehead atoms. The molecule has 0 aliphatic rings. The lowest BCUT2D eigenvalue weighted by atomic mass is 10.1. The van der Waals surface area contributed by atoms with E-state index in [9.17, 15) is 22.8 Å². The van der Waals surface area contributed by atoms with Crippen LogP contribution in [0.25, 0.3) is 22.4 Å². The molecule has 3 aromatic heterocycles. The van der Waals surface area contributed by atoms with E-state index in [1.807, 2.05) is 0 Å². The van der Waals surface area contributed by atoms with Gasteiger partial charge in [-0.05, 0) is 18.2 Å². The molecule has 28 heavy (non-hydrogen) atoms. The van der Waals surface area contributed by atoms with E-state index in [2.05, 4.69) is 20.0 Å². The summed E-state index contributed by atoms with van der Waals surface area (Å²) >= 11 is 0. The molecule has 0 spiro atoms. The van der Waals surface area contributed by atoms with Crippen molar-refractivity contribution in [1.29, 1.82) is 0 Å². The summed E-state index contributed by atoms with van der Waals surface area (Å²) in [6, 6.07) is 6.08. The first-order valence-electron chi connectivity index (χ1n) is 7.83. The van der Waals surface area contributed by atoms with Crippen molar-refractivity contribution in [2.75, 3.05) is 7.11 Å². The average molecular weight is 389 g/mol. The third-order valence-electron chi connectivity index (χ3n) is 4.14. The first-order valence-corrected chi connectivity index (χ1v) is 7.83. The molecule has 142 valence electrons. The van der Waals surface area contributed by atoms with Gasteiger partial charge in [-0.25, -0.2) is 9.31 Å². The Hall–Kier alpha value is -3.76. The van der Waals surface area contributed by atoms with Crippen LogP contribution in [0.5, 0.6) is 0 Å². The monoisotopic (exact) mass is 389 g/mol. The normalized spacial score (nSPS) is 11.9. The molecule has 4 aromatic rings. The predicted octanol–water partition coefficient (Wildman–Crippen LogP) is 2.23. The summed E-state index contributed by atoms with van der Waals surface area (Å²) in [5.41, 5.74) is -2.01. The van der Waals surface area contributed by atoms with E-state index in [4.69, 9.17) is 0 Å². The Balaban J connectivity index is 1.98. The minimum absolute atomic E-state index is 0.0449. The highest BCUT2D eigenvalue weighted by molar-refractivity contribution is 5.96. The van der Waals surface area contributed by atoms with Gasteiger partial charge < -0.3 is 4.74 Å². The fraction of sp³-hybridized carbons (Fsp3) is 0.118. The Morgan fingerprint density at radius 1 is 1.14 bits per heavy atom. The van der Waals surface area contributed by atoms with E-state index in [-0.39, 0.29) is 27.9 Å². The van der Waals surface area contributed by atoms with Gasteiger partial charge in [0.1, 0.15) is 11.1 Å². The van der Waals surface area contributed by atoms with Gasteiger partial charge in [-0.3, -0.25) is 9.36 Å². The third-order valence-corrected chi connectivity index (χ3v) is 4.14. The number of ether oxygens (including phenoxy) is 1. The lowest BCUT2D eigenvalue weighted by Gasteiger charge is -2.14. The molecule has 8 nitrogen and oxygen atoms in total. The maximum Gasteiger partial charge on any atom is 0.418 e. The lowest BCUT2D eigenvalue weighted by Crippen LogP contribution is -2.23. The van der Waals surface area contributed by atoms with Crippen LogP contribution in [0.3, 0.4) is 0 Å². The molecule has 0 radical (unpaired) electrons. The second kappa shape index (κ2) is 6.15. The molecule has 0 unspecified atom stereocenters. The number of hydrogen-bond donors (Lipinski definition) is 0. The first-order chi connectivity index (χ1) is 13.3. The van der Waals surface area contributed by atoms with Crippen molar-refractivity contribution in [2.45, 2.75) is 6.18 Å². The number of hydrogen-bond acceptors (Lipinski definition) is 6. The molecule has 0 saturated heterocycles. The second-order valence-electron chi connectivity index (χ2n) is 5.72. The molecular formula is C17H10F3N5O3. The summed E-state index contributed by atoms with van der Waals surface area (Å²) in [6.45, 7) is 0. The van der Waals surface area contributed by atoms with Gasteiger partial charge in [0.2, 0.25) is 0 Å². The van der Waals surface area contributed by atoms with Gasteiger partial charge in [0.25, 0.3) is 5.56 Å². The molecule has 11 heteroatoms. The summed E-state index contributed by atoms with van der Waals surface area (Å²) in [5, 5.41) is 11.6. The number of benzene rings is 1. The van der Waals surface area contributed by atoms with Crippen LogP contribution >= 0.6 is 0 Å². The number of pyridine rings is 1. The van der Waals surface area contributed by atoms with E-state index in [0.29, 0.717) is 0 Å². The van der Waals surface area contributed by atoms with Gasteiger partial charge in [-0.1, -0.05) is 12.1 Å². The Bertz CT molecular complexity index is 1290. The number of para-hydroxylation sites is 1. The van der Waals surface area contributed by atoms with Crippen molar-refractivity contribution in [3.05, 3.63) is 64.2 Å². The predicted molar refractivity (Wildman–Crippen MR) is 90.2 cm³/mol. The summed E-state index contributed by atoms with van der Waals surface area (Å²) in [7, 11) is 1.19. The number of carbonyl (C=O) groups is 1. The maximum atomic E-state index is 13.3. The summed E-state index contributed by atoms with van der Waals surface area (Å²) in [4.78, 5) is 24.6. The highest BCUT2D eigenvalue weighted by Gasteiger charge is 2.34. The summed E-state index contributed by atoms with van der Waals surface area (Å²) < 4.78 is 46.6. The fourth-order valence-electron chi connectivity index (χ4n) is 2.86. The van der Waals surface area contributed by atoms with E-state index < -0.39 is 23.3 Å². The number of fused-ring (bicyclic) bond motifs is 3.